The predicted molar refractivity (Wildman–Crippen MR) is 97.9 cm³/mol. The Morgan fingerprint density at radius 1 is 0.962 bits per heavy atom. The van der Waals surface area contributed by atoms with Crippen LogP contribution < -0.4 is 21.7 Å². The maximum absolute atomic E-state index is 12.2. The number of carbonyl (C=O) groups excluding carboxylic acids is 3. The fourth-order valence-electron chi connectivity index (χ4n) is 1.66. The third kappa shape index (κ3) is 7.78. The predicted octanol–water partition coefficient (Wildman–Crippen LogP) is -3.91. The molecule has 0 bridgehead atoms. The van der Waals surface area contributed by atoms with Gasteiger partial charge in [0.2, 0.25) is 17.7 Å². The number of rotatable bonds is 11. The second kappa shape index (κ2) is 12.0. The van der Waals surface area contributed by atoms with Gasteiger partial charge in [0.1, 0.15) is 12.1 Å². The SMILES string of the molecule is CC(O)C(NC(=O)C(CO)NC(=O)C(CS)NC(=O)C(N)CS)C(=O)O. The van der Waals surface area contributed by atoms with Gasteiger partial charge in [-0.15, -0.1) is 0 Å². The van der Waals surface area contributed by atoms with E-state index in [1.807, 2.05) is 5.32 Å². The highest BCUT2D eigenvalue weighted by atomic mass is 32.1. The van der Waals surface area contributed by atoms with Crippen LogP contribution in [-0.4, -0.2) is 87.4 Å². The van der Waals surface area contributed by atoms with Crippen LogP contribution >= 0.6 is 25.3 Å². The molecule has 0 aliphatic heterocycles. The van der Waals surface area contributed by atoms with Gasteiger partial charge >= 0.3 is 5.97 Å². The summed E-state index contributed by atoms with van der Waals surface area (Å²) in [6.07, 6.45) is -1.40. The Hall–Kier alpha value is -1.54. The maximum atomic E-state index is 12.2. The average molecular weight is 412 g/mol. The van der Waals surface area contributed by atoms with E-state index >= 15 is 0 Å². The van der Waals surface area contributed by atoms with Gasteiger partial charge in [0.25, 0.3) is 0 Å². The summed E-state index contributed by atoms with van der Waals surface area (Å²) >= 11 is 7.79. The Balaban J connectivity index is 4.95. The minimum Gasteiger partial charge on any atom is -0.480 e. The van der Waals surface area contributed by atoms with Crippen LogP contribution in [0, 0.1) is 0 Å². The van der Waals surface area contributed by atoms with Gasteiger partial charge in [0.15, 0.2) is 6.04 Å². The number of thiol groups is 2. The first kappa shape index (κ1) is 24.5. The van der Waals surface area contributed by atoms with Crippen LogP contribution in [0.5, 0.6) is 0 Å². The molecule has 0 aromatic carbocycles. The van der Waals surface area contributed by atoms with Crippen molar-refractivity contribution in [1.82, 2.24) is 16.0 Å². The molecule has 150 valence electrons. The molecule has 0 aromatic heterocycles. The molecule has 0 aliphatic rings. The van der Waals surface area contributed by atoms with Gasteiger partial charge in [0.05, 0.1) is 18.8 Å². The maximum Gasteiger partial charge on any atom is 0.328 e. The number of hydrogen-bond donors (Lipinski definition) is 9. The molecule has 0 radical (unpaired) electrons. The number of carbonyl (C=O) groups is 4. The van der Waals surface area contributed by atoms with Crippen LogP contribution in [-0.2, 0) is 19.2 Å². The minimum atomic E-state index is -1.62. The van der Waals surface area contributed by atoms with E-state index in [1.165, 1.54) is 0 Å². The van der Waals surface area contributed by atoms with Crippen LogP contribution in [0.3, 0.4) is 0 Å². The molecule has 5 unspecified atom stereocenters. The Bertz CT molecular complexity index is 521. The van der Waals surface area contributed by atoms with Crippen LogP contribution in [0.25, 0.3) is 0 Å². The number of aliphatic hydroxyl groups excluding tert-OH is 2. The highest BCUT2D eigenvalue weighted by Crippen LogP contribution is 1.97. The van der Waals surface area contributed by atoms with Gasteiger partial charge in [-0.2, -0.15) is 25.3 Å². The van der Waals surface area contributed by atoms with Crippen molar-refractivity contribution in [3.63, 3.8) is 0 Å². The number of nitrogens with two attached hydrogens (primary N) is 1. The smallest absolute Gasteiger partial charge is 0.328 e. The van der Waals surface area contributed by atoms with Gasteiger partial charge in [0, 0.05) is 11.5 Å². The highest BCUT2D eigenvalue weighted by Gasteiger charge is 2.31. The summed E-state index contributed by atoms with van der Waals surface area (Å²) in [4.78, 5) is 46.9. The monoisotopic (exact) mass is 412 g/mol. The van der Waals surface area contributed by atoms with Gasteiger partial charge in [-0.3, -0.25) is 14.4 Å². The van der Waals surface area contributed by atoms with E-state index in [-0.39, 0.29) is 11.5 Å². The van der Waals surface area contributed by atoms with E-state index in [1.54, 1.807) is 0 Å². The number of carboxylic acids is 1. The van der Waals surface area contributed by atoms with Gasteiger partial charge in [-0.05, 0) is 6.92 Å². The molecule has 0 rings (SSSR count). The van der Waals surface area contributed by atoms with Crippen molar-refractivity contribution in [3.05, 3.63) is 0 Å². The zero-order valence-corrected chi connectivity index (χ0v) is 15.7. The summed E-state index contributed by atoms with van der Waals surface area (Å²) in [6, 6.07) is -5.22. The first-order valence-electron chi connectivity index (χ1n) is 7.49. The fraction of sp³-hybridized carbons (Fsp3) is 0.692. The fourth-order valence-corrected chi connectivity index (χ4v) is 2.09. The molecular formula is C13H24N4O7S2. The Labute approximate surface area is 160 Å². The molecule has 0 spiro atoms. The Kier molecular flexibility index (Phi) is 11.2. The van der Waals surface area contributed by atoms with Crippen molar-refractivity contribution in [2.75, 3.05) is 18.1 Å². The number of aliphatic hydroxyl groups is 2. The van der Waals surface area contributed by atoms with E-state index < -0.39 is 60.6 Å². The summed E-state index contributed by atoms with van der Waals surface area (Å²) in [7, 11) is 0. The largest absolute Gasteiger partial charge is 0.480 e. The Morgan fingerprint density at radius 2 is 1.46 bits per heavy atom. The van der Waals surface area contributed by atoms with E-state index in [0.29, 0.717) is 0 Å². The van der Waals surface area contributed by atoms with Crippen LogP contribution in [0.15, 0.2) is 0 Å². The molecule has 0 saturated carbocycles. The average Bonchev–Trinajstić information content (AvgIpc) is 2.59. The zero-order chi connectivity index (χ0) is 20.4. The van der Waals surface area contributed by atoms with Crippen molar-refractivity contribution < 1.29 is 34.5 Å². The van der Waals surface area contributed by atoms with Gasteiger partial charge < -0.3 is 37.0 Å². The third-order valence-electron chi connectivity index (χ3n) is 3.21. The normalized spacial score (nSPS) is 16.5. The number of nitrogens with one attached hydrogen (secondary N) is 3. The second-order valence-electron chi connectivity index (χ2n) is 5.34. The molecule has 8 N–H and O–H groups in total. The van der Waals surface area contributed by atoms with Crippen molar-refractivity contribution in [1.29, 1.82) is 0 Å². The molecule has 11 nitrogen and oxygen atoms in total. The third-order valence-corrected chi connectivity index (χ3v) is 3.97. The summed E-state index contributed by atoms with van der Waals surface area (Å²) < 4.78 is 0. The molecule has 0 saturated heterocycles. The summed E-state index contributed by atoms with van der Waals surface area (Å²) in [5, 5.41) is 34.0. The lowest BCUT2D eigenvalue weighted by Gasteiger charge is -2.24. The van der Waals surface area contributed by atoms with Crippen LogP contribution in [0.4, 0.5) is 0 Å². The van der Waals surface area contributed by atoms with Gasteiger partial charge in [-0.1, -0.05) is 0 Å². The van der Waals surface area contributed by atoms with Crippen molar-refractivity contribution in [3.8, 4) is 0 Å². The molecule has 0 heterocycles. The van der Waals surface area contributed by atoms with E-state index in [9.17, 15) is 29.4 Å². The van der Waals surface area contributed by atoms with E-state index in [4.69, 9.17) is 10.8 Å². The molecule has 0 fully saturated rings. The first-order chi connectivity index (χ1) is 12.1. The summed E-state index contributed by atoms with van der Waals surface area (Å²) in [6.45, 7) is 0.315. The van der Waals surface area contributed by atoms with E-state index in [2.05, 4.69) is 35.9 Å². The van der Waals surface area contributed by atoms with Crippen molar-refractivity contribution in [2.45, 2.75) is 37.2 Å². The molecule has 0 aliphatic carbocycles. The summed E-state index contributed by atoms with van der Waals surface area (Å²) in [5.41, 5.74) is 5.48. The second-order valence-corrected chi connectivity index (χ2v) is 6.07. The molecule has 13 heteroatoms. The minimum absolute atomic E-state index is 0.0460. The molecule has 0 aromatic rings. The van der Waals surface area contributed by atoms with Crippen molar-refractivity contribution >= 4 is 48.9 Å². The number of hydrogen-bond acceptors (Lipinski definition) is 9. The van der Waals surface area contributed by atoms with E-state index in [0.717, 1.165) is 6.92 Å². The molecule has 5 atom stereocenters. The van der Waals surface area contributed by atoms with Gasteiger partial charge in [-0.25, -0.2) is 4.79 Å². The standard InChI is InChI=1S/C13H24N4O7S2/c1-5(19)9(13(23)24)17-11(21)7(2-18)15-12(22)8(4-26)16-10(20)6(14)3-25/h5-9,18-19,25-26H,2-4,14H2,1H3,(H,15,22)(H,16,20)(H,17,21)(H,23,24). The topological polar surface area (TPSA) is 191 Å². The lowest BCUT2D eigenvalue weighted by molar-refractivity contribution is -0.145. The van der Waals surface area contributed by atoms with Crippen LogP contribution in [0.2, 0.25) is 0 Å². The molecule has 26 heavy (non-hydrogen) atoms. The van der Waals surface area contributed by atoms with Crippen molar-refractivity contribution in [2.24, 2.45) is 5.73 Å². The molecule has 3 amide bonds. The lowest BCUT2D eigenvalue weighted by Crippen LogP contribution is -2.59. The zero-order valence-electron chi connectivity index (χ0n) is 14.0. The highest BCUT2D eigenvalue weighted by molar-refractivity contribution is 7.80. The Morgan fingerprint density at radius 3 is 1.85 bits per heavy atom. The number of aliphatic carboxylic acids is 1. The lowest BCUT2D eigenvalue weighted by atomic mass is 10.1. The number of carboxylic acid groups (broad SMARTS) is 1. The van der Waals surface area contributed by atoms with Crippen LogP contribution in [0.1, 0.15) is 6.92 Å². The molecular weight excluding hydrogens is 388 g/mol. The number of amides is 3. The quantitative estimate of drug-likeness (QED) is 0.154. The summed E-state index contributed by atoms with van der Waals surface area (Å²) in [5.74, 6) is -4.08. The first-order valence-corrected chi connectivity index (χ1v) is 8.75.